The second-order valence-electron chi connectivity index (χ2n) is 4.41. The number of nitrogens with zero attached hydrogens (tertiary/aromatic N) is 1. The van der Waals surface area contributed by atoms with Gasteiger partial charge in [-0.25, -0.2) is 4.98 Å². The predicted molar refractivity (Wildman–Crippen MR) is 73.7 cm³/mol. The van der Waals surface area contributed by atoms with E-state index in [0.717, 1.165) is 24.5 Å². The standard InChI is InChI=1S/C14H16N2OS/c1-17-9-10-4-2-3-5-11(10)14-16-12-6-7-15-8-13(12)18-14/h2-5,15H,6-9H2,1H3. The summed E-state index contributed by atoms with van der Waals surface area (Å²) in [5.74, 6) is 0. The average Bonchev–Trinajstić information content (AvgIpc) is 2.83. The van der Waals surface area contributed by atoms with Crippen LogP contribution < -0.4 is 5.32 Å². The van der Waals surface area contributed by atoms with E-state index in [2.05, 4.69) is 23.5 Å². The van der Waals surface area contributed by atoms with E-state index in [0.29, 0.717) is 6.61 Å². The van der Waals surface area contributed by atoms with E-state index in [1.807, 2.05) is 6.07 Å². The molecule has 0 bridgehead atoms. The van der Waals surface area contributed by atoms with Gasteiger partial charge >= 0.3 is 0 Å². The third-order valence-electron chi connectivity index (χ3n) is 3.15. The van der Waals surface area contributed by atoms with Crippen molar-refractivity contribution in [2.45, 2.75) is 19.6 Å². The molecule has 4 heteroatoms. The molecule has 0 aliphatic carbocycles. The lowest BCUT2D eigenvalue weighted by Crippen LogP contribution is -2.22. The lowest BCUT2D eigenvalue weighted by atomic mass is 10.1. The first-order valence-electron chi connectivity index (χ1n) is 6.15. The van der Waals surface area contributed by atoms with E-state index in [1.165, 1.54) is 21.7 Å². The molecule has 0 amide bonds. The van der Waals surface area contributed by atoms with Crippen LogP contribution in [-0.4, -0.2) is 18.6 Å². The normalized spacial score (nSPS) is 14.5. The van der Waals surface area contributed by atoms with Gasteiger partial charge in [-0.05, 0) is 5.56 Å². The van der Waals surface area contributed by atoms with Gasteiger partial charge in [0, 0.05) is 37.1 Å². The lowest BCUT2D eigenvalue weighted by molar-refractivity contribution is 0.185. The van der Waals surface area contributed by atoms with Gasteiger partial charge in [-0.1, -0.05) is 24.3 Å². The van der Waals surface area contributed by atoms with Crippen molar-refractivity contribution < 1.29 is 4.74 Å². The Kier molecular flexibility index (Phi) is 3.41. The van der Waals surface area contributed by atoms with Crippen molar-refractivity contribution in [3.05, 3.63) is 40.4 Å². The first kappa shape index (κ1) is 11.8. The Bertz CT molecular complexity index is 527. The summed E-state index contributed by atoms with van der Waals surface area (Å²) in [6.45, 7) is 2.63. The van der Waals surface area contributed by atoms with Crippen LogP contribution in [0, 0.1) is 0 Å². The zero-order chi connectivity index (χ0) is 12.4. The van der Waals surface area contributed by atoms with E-state index in [1.54, 1.807) is 18.4 Å². The Morgan fingerprint density at radius 2 is 2.28 bits per heavy atom. The van der Waals surface area contributed by atoms with E-state index >= 15 is 0 Å². The minimum absolute atomic E-state index is 0.638. The fourth-order valence-corrected chi connectivity index (χ4v) is 3.39. The third-order valence-corrected chi connectivity index (χ3v) is 4.28. The molecule has 0 saturated carbocycles. The van der Waals surface area contributed by atoms with E-state index in [-0.39, 0.29) is 0 Å². The molecular formula is C14H16N2OS. The van der Waals surface area contributed by atoms with Crippen LogP contribution in [0.3, 0.4) is 0 Å². The Morgan fingerprint density at radius 3 is 3.11 bits per heavy atom. The van der Waals surface area contributed by atoms with Crippen molar-refractivity contribution in [1.29, 1.82) is 0 Å². The summed E-state index contributed by atoms with van der Waals surface area (Å²) in [5, 5.41) is 4.51. The third kappa shape index (κ3) is 2.19. The highest BCUT2D eigenvalue weighted by Gasteiger charge is 2.16. The van der Waals surface area contributed by atoms with Gasteiger partial charge < -0.3 is 10.1 Å². The lowest BCUT2D eigenvalue weighted by Gasteiger charge is -2.09. The molecule has 94 valence electrons. The quantitative estimate of drug-likeness (QED) is 0.921. The molecule has 0 radical (unpaired) electrons. The maximum Gasteiger partial charge on any atom is 0.124 e. The van der Waals surface area contributed by atoms with Crippen LogP contribution in [-0.2, 0) is 24.3 Å². The highest BCUT2D eigenvalue weighted by atomic mass is 32.1. The zero-order valence-electron chi connectivity index (χ0n) is 10.4. The van der Waals surface area contributed by atoms with Crippen molar-refractivity contribution >= 4 is 11.3 Å². The molecule has 1 aromatic carbocycles. The number of ether oxygens (including phenoxy) is 1. The van der Waals surface area contributed by atoms with Crippen LogP contribution >= 0.6 is 11.3 Å². The van der Waals surface area contributed by atoms with Crippen molar-refractivity contribution in [1.82, 2.24) is 10.3 Å². The molecule has 3 rings (SSSR count). The summed E-state index contributed by atoms with van der Waals surface area (Å²) in [7, 11) is 1.73. The number of nitrogens with one attached hydrogen (secondary N) is 1. The smallest absolute Gasteiger partial charge is 0.124 e. The van der Waals surface area contributed by atoms with Gasteiger partial charge in [0.2, 0.25) is 0 Å². The van der Waals surface area contributed by atoms with Gasteiger partial charge in [-0.15, -0.1) is 11.3 Å². The molecule has 18 heavy (non-hydrogen) atoms. The van der Waals surface area contributed by atoms with E-state index in [4.69, 9.17) is 9.72 Å². The maximum atomic E-state index is 5.26. The summed E-state index contributed by atoms with van der Waals surface area (Å²) < 4.78 is 5.26. The molecule has 0 unspecified atom stereocenters. The second kappa shape index (κ2) is 5.18. The minimum Gasteiger partial charge on any atom is -0.380 e. The van der Waals surface area contributed by atoms with Crippen LogP contribution in [0.1, 0.15) is 16.1 Å². The van der Waals surface area contributed by atoms with Crippen LogP contribution in [0.25, 0.3) is 10.6 Å². The number of rotatable bonds is 3. The molecule has 2 heterocycles. The van der Waals surface area contributed by atoms with Gasteiger partial charge in [0.1, 0.15) is 5.01 Å². The molecule has 0 fully saturated rings. The number of thiazole rings is 1. The van der Waals surface area contributed by atoms with Gasteiger partial charge in [0.25, 0.3) is 0 Å². The minimum atomic E-state index is 0.638. The number of methoxy groups -OCH3 is 1. The summed E-state index contributed by atoms with van der Waals surface area (Å²) in [6, 6.07) is 8.35. The fourth-order valence-electron chi connectivity index (χ4n) is 2.25. The fraction of sp³-hybridized carbons (Fsp3) is 0.357. The molecule has 1 aromatic heterocycles. The molecule has 0 saturated heterocycles. The number of hydrogen-bond donors (Lipinski definition) is 1. The van der Waals surface area contributed by atoms with Crippen LogP contribution in [0.2, 0.25) is 0 Å². The average molecular weight is 260 g/mol. The number of aromatic nitrogens is 1. The van der Waals surface area contributed by atoms with Crippen molar-refractivity contribution in [2.24, 2.45) is 0 Å². The topological polar surface area (TPSA) is 34.1 Å². The first-order chi connectivity index (χ1) is 8.88. The summed E-state index contributed by atoms with van der Waals surface area (Å²) in [5.41, 5.74) is 3.68. The summed E-state index contributed by atoms with van der Waals surface area (Å²) >= 11 is 1.80. The number of hydrogen-bond acceptors (Lipinski definition) is 4. The highest BCUT2D eigenvalue weighted by Crippen LogP contribution is 2.32. The van der Waals surface area contributed by atoms with Crippen LogP contribution in [0.5, 0.6) is 0 Å². The number of benzene rings is 1. The SMILES string of the molecule is COCc1ccccc1-c1nc2c(s1)CNCC2. The Hall–Kier alpha value is -1.23. The van der Waals surface area contributed by atoms with Gasteiger partial charge in [0.05, 0.1) is 12.3 Å². The van der Waals surface area contributed by atoms with Gasteiger partial charge in [-0.3, -0.25) is 0 Å². The second-order valence-corrected chi connectivity index (χ2v) is 5.49. The monoisotopic (exact) mass is 260 g/mol. The molecule has 0 spiro atoms. The molecular weight excluding hydrogens is 244 g/mol. The van der Waals surface area contributed by atoms with Gasteiger partial charge in [-0.2, -0.15) is 0 Å². The van der Waals surface area contributed by atoms with Crippen molar-refractivity contribution in [3.63, 3.8) is 0 Å². The van der Waals surface area contributed by atoms with Crippen molar-refractivity contribution in [3.8, 4) is 10.6 Å². The molecule has 3 nitrogen and oxygen atoms in total. The van der Waals surface area contributed by atoms with Crippen molar-refractivity contribution in [2.75, 3.05) is 13.7 Å². The Morgan fingerprint density at radius 1 is 1.39 bits per heavy atom. The van der Waals surface area contributed by atoms with Gasteiger partial charge in [0.15, 0.2) is 0 Å². The number of fused-ring (bicyclic) bond motifs is 1. The largest absolute Gasteiger partial charge is 0.380 e. The van der Waals surface area contributed by atoms with E-state index in [9.17, 15) is 0 Å². The Balaban J connectivity index is 2.01. The summed E-state index contributed by atoms with van der Waals surface area (Å²) in [6.07, 6.45) is 1.04. The molecule has 1 N–H and O–H groups in total. The molecule has 0 atom stereocenters. The van der Waals surface area contributed by atoms with E-state index < -0.39 is 0 Å². The predicted octanol–water partition coefficient (Wildman–Crippen LogP) is 2.60. The Labute approximate surface area is 111 Å². The van der Waals surface area contributed by atoms with Crippen LogP contribution in [0.4, 0.5) is 0 Å². The zero-order valence-corrected chi connectivity index (χ0v) is 11.2. The maximum absolute atomic E-state index is 5.26. The first-order valence-corrected chi connectivity index (χ1v) is 6.96. The highest BCUT2D eigenvalue weighted by molar-refractivity contribution is 7.15. The molecule has 1 aliphatic heterocycles. The molecule has 2 aromatic rings. The van der Waals surface area contributed by atoms with Crippen LogP contribution in [0.15, 0.2) is 24.3 Å². The summed E-state index contributed by atoms with van der Waals surface area (Å²) in [4.78, 5) is 6.17. The molecule has 1 aliphatic rings.